The van der Waals surface area contributed by atoms with Crippen molar-refractivity contribution in [2.75, 3.05) is 13.2 Å². The summed E-state index contributed by atoms with van der Waals surface area (Å²) in [6.07, 6.45) is 0. The van der Waals surface area contributed by atoms with Gasteiger partial charge < -0.3 is 20.8 Å². The summed E-state index contributed by atoms with van der Waals surface area (Å²) in [7, 11) is 0. The monoisotopic (exact) mass is 236 g/mol. The average Bonchev–Trinajstić information content (AvgIpc) is 2.82. The topological polar surface area (TPSA) is 81.6 Å². The van der Waals surface area contributed by atoms with E-state index in [4.69, 9.17) is 10.2 Å². The van der Waals surface area contributed by atoms with E-state index < -0.39 is 6.04 Å². The lowest BCUT2D eigenvalue weighted by Crippen LogP contribution is -2.40. The summed E-state index contributed by atoms with van der Waals surface area (Å²) in [6.45, 7) is 1.08. The summed E-state index contributed by atoms with van der Waals surface area (Å²) in [5, 5.41) is 23.6. The van der Waals surface area contributed by atoms with Crippen LogP contribution in [0.4, 0.5) is 0 Å². The van der Waals surface area contributed by atoms with Gasteiger partial charge in [-0.25, -0.2) is 0 Å². The highest BCUT2D eigenvalue weighted by atomic mass is 16.3. The Balaban J connectivity index is 2.09. The van der Waals surface area contributed by atoms with Gasteiger partial charge in [0.25, 0.3) is 5.91 Å². The predicted octanol–water partition coefficient (Wildman–Crippen LogP) is -0.627. The SMILES string of the molecule is O=C(NC(CO)CO)c1ccc2c(c1)CNC2. The number of carbonyl (C=O) groups is 1. The quantitative estimate of drug-likeness (QED) is 0.561. The first-order chi connectivity index (χ1) is 8.24. The summed E-state index contributed by atoms with van der Waals surface area (Å²) in [4.78, 5) is 11.8. The van der Waals surface area contributed by atoms with Gasteiger partial charge in [-0.05, 0) is 23.3 Å². The molecule has 0 saturated carbocycles. The van der Waals surface area contributed by atoms with Gasteiger partial charge >= 0.3 is 0 Å². The standard InChI is InChI=1S/C12H16N2O3/c15-6-11(7-16)14-12(17)8-1-2-9-4-13-5-10(9)3-8/h1-3,11,13,15-16H,4-7H2,(H,14,17). The molecule has 0 spiro atoms. The fraction of sp³-hybridized carbons (Fsp3) is 0.417. The molecule has 1 aliphatic heterocycles. The summed E-state index contributed by atoms with van der Waals surface area (Å²) in [6, 6.07) is 4.93. The summed E-state index contributed by atoms with van der Waals surface area (Å²) in [5.41, 5.74) is 2.89. The van der Waals surface area contributed by atoms with E-state index in [2.05, 4.69) is 10.6 Å². The molecule has 5 heteroatoms. The second-order valence-corrected chi connectivity index (χ2v) is 4.12. The fourth-order valence-electron chi connectivity index (χ4n) is 1.85. The van der Waals surface area contributed by atoms with Crippen LogP contribution in [0.2, 0.25) is 0 Å². The van der Waals surface area contributed by atoms with Gasteiger partial charge in [-0.2, -0.15) is 0 Å². The number of aliphatic hydroxyl groups is 2. The number of amides is 1. The van der Waals surface area contributed by atoms with Crippen molar-refractivity contribution in [2.24, 2.45) is 0 Å². The second kappa shape index (κ2) is 5.27. The number of hydrogen-bond acceptors (Lipinski definition) is 4. The van der Waals surface area contributed by atoms with Crippen LogP contribution in [-0.2, 0) is 13.1 Å². The lowest BCUT2D eigenvalue weighted by Gasteiger charge is -2.13. The Labute approximate surface area is 99.5 Å². The van der Waals surface area contributed by atoms with Crippen LogP contribution in [0, 0.1) is 0 Å². The van der Waals surface area contributed by atoms with Crippen LogP contribution in [0.25, 0.3) is 0 Å². The first-order valence-corrected chi connectivity index (χ1v) is 5.59. The molecule has 0 unspecified atom stereocenters. The molecular weight excluding hydrogens is 220 g/mol. The largest absolute Gasteiger partial charge is 0.394 e. The Kier molecular flexibility index (Phi) is 3.73. The van der Waals surface area contributed by atoms with Crippen molar-refractivity contribution in [1.82, 2.24) is 10.6 Å². The summed E-state index contributed by atoms with van der Waals surface area (Å²) in [5.74, 6) is -0.271. The molecule has 0 aliphatic carbocycles. The summed E-state index contributed by atoms with van der Waals surface area (Å²) >= 11 is 0. The van der Waals surface area contributed by atoms with Gasteiger partial charge in [-0.3, -0.25) is 4.79 Å². The maximum atomic E-state index is 11.8. The number of rotatable bonds is 4. The maximum absolute atomic E-state index is 11.8. The molecule has 1 aromatic rings. The highest BCUT2D eigenvalue weighted by Gasteiger charge is 2.15. The van der Waals surface area contributed by atoms with Crippen LogP contribution in [-0.4, -0.2) is 35.4 Å². The molecule has 1 aromatic carbocycles. The molecule has 92 valence electrons. The van der Waals surface area contributed by atoms with Gasteiger partial charge in [0.1, 0.15) is 0 Å². The van der Waals surface area contributed by atoms with Gasteiger partial charge in [0.15, 0.2) is 0 Å². The smallest absolute Gasteiger partial charge is 0.251 e. The third-order valence-electron chi connectivity index (χ3n) is 2.88. The zero-order valence-corrected chi connectivity index (χ0v) is 9.44. The highest BCUT2D eigenvalue weighted by Crippen LogP contribution is 2.16. The second-order valence-electron chi connectivity index (χ2n) is 4.12. The van der Waals surface area contributed by atoms with E-state index >= 15 is 0 Å². The minimum atomic E-state index is -0.603. The first-order valence-electron chi connectivity index (χ1n) is 5.59. The number of fused-ring (bicyclic) bond motifs is 1. The van der Waals surface area contributed by atoms with Crippen LogP contribution in [0.15, 0.2) is 18.2 Å². The summed E-state index contributed by atoms with van der Waals surface area (Å²) < 4.78 is 0. The third-order valence-corrected chi connectivity index (χ3v) is 2.88. The molecule has 5 nitrogen and oxygen atoms in total. The molecule has 0 atom stereocenters. The van der Waals surface area contributed by atoms with E-state index in [9.17, 15) is 4.79 Å². The van der Waals surface area contributed by atoms with Gasteiger partial charge in [-0.15, -0.1) is 0 Å². The molecule has 4 N–H and O–H groups in total. The van der Waals surface area contributed by atoms with Crippen LogP contribution < -0.4 is 10.6 Å². The fourth-order valence-corrected chi connectivity index (χ4v) is 1.85. The Hall–Kier alpha value is -1.43. The third kappa shape index (κ3) is 2.63. The van der Waals surface area contributed by atoms with Crippen molar-refractivity contribution >= 4 is 5.91 Å². The van der Waals surface area contributed by atoms with Crippen molar-refractivity contribution < 1.29 is 15.0 Å². The zero-order valence-electron chi connectivity index (χ0n) is 9.44. The zero-order chi connectivity index (χ0) is 12.3. The minimum absolute atomic E-state index is 0.269. The van der Waals surface area contributed by atoms with E-state index in [1.807, 2.05) is 12.1 Å². The highest BCUT2D eigenvalue weighted by molar-refractivity contribution is 5.94. The minimum Gasteiger partial charge on any atom is -0.394 e. The van der Waals surface area contributed by atoms with E-state index in [-0.39, 0.29) is 19.1 Å². The molecule has 1 amide bonds. The van der Waals surface area contributed by atoms with Crippen molar-refractivity contribution in [3.05, 3.63) is 34.9 Å². The van der Waals surface area contributed by atoms with E-state index in [1.165, 1.54) is 5.56 Å². The van der Waals surface area contributed by atoms with Gasteiger partial charge in [0, 0.05) is 18.7 Å². The lowest BCUT2D eigenvalue weighted by molar-refractivity contribution is 0.0879. The van der Waals surface area contributed by atoms with Crippen molar-refractivity contribution in [3.8, 4) is 0 Å². The first kappa shape index (κ1) is 12.0. The van der Waals surface area contributed by atoms with E-state index in [1.54, 1.807) is 6.07 Å². The van der Waals surface area contributed by atoms with Crippen LogP contribution in [0.5, 0.6) is 0 Å². The normalized spacial score (nSPS) is 13.8. The molecule has 1 heterocycles. The van der Waals surface area contributed by atoms with E-state index in [0.717, 1.165) is 18.7 Å². The van der Waals surface area contributed by atoms with Gasteiger partial charge in [0.05, 0.1) is 19.3 Å². The lowest BCUT2D eigenvalue weighted by atomic mass is 10.1. The van der Waals surface area contributed by atoms with Crippen molar-refractivity contribution in [2.45, 2.75) is 19.1 Å². The van der Waals surface area contributed by atoms with Gasteiger partial charge in [0.2, 0.25) is 0 Å². The molecule has 1 aliphatic rings. The molecule has 0 saturated heterocycles. The van der Waals surface area contributed by atoms with Crippen LogP contribution in [0.1, 0.15) is 21.5 Å². The van der Waals surface area contributed by atoms with E-state index in [0.29, 0.717) is 5.56 Å². The average molecular weight is 236 g/mol. The van der Waals surface area contributed by atoms with Crippen LogP contribution >= 0.6 is 0 Å². The Bertz CT molecular complexity index is 416. The number of carbonyl (C=O) groups excluding carboxylic acids is 1. The Morgan fingerprint density at radius 3 is 2.71 bits per heavy atom. The predicted molar refractivity (Wildman–Crippen MR) is 62.4 cm³/mol. The van der Waals surface area contributed by atoms with Crippen molar-refractivity contribution in [1.29, 1.82) is 0 Å². The molecule has 0 aromatic heterocycles. The number of nitrogens with one attached hydrogen (secondary N) is 2. The molecule has 0 bridgehead atoms. The molecule has 0 fully saturated rings. The van der Waals surface area contributed by atoms with Crippen LogP contribution in [0.3, 0.4) is 0 Å². The number of benzene rings is 1. The maximum Gasteiger partial charge on any atom is 0.251 e. The molecule has 2 rings (SSSR count). The molecule has 0 radical (unpaired) electrons. The molecular formula is C12H16N2O3. The Morgan fingerprint density at radius 1 is 1.29 bits per heavy atom. The molecule has 17 heavy (non-hydrogen) atoms. The number of hydrogen-bond donors (Lipinski definition) is 4. The Morgan fingerprint density at radius 2 is 2.00 bits per heavy atom. The van der Waals surface area contributed by atoms with Crippen molar-refractivity contribution in [3.63, 3.8) is 0 Å². The number of aliphatic hydroxyl groups excluding tert-OH is 2. The van der Waals surface area contributed by atoms with Gasteiger partial charge in [-0.1, -0.05) is 6.07 Å².